The SMILES string of the molecule is C=CCC(O)c1nc(OCc2ccccc2)c(CC(C)C)nc1Cl. The zero-order chi connectivity index (χ0) is 17.5. The lowest BCUT2D eigenvalue weighted by atomic mass is 10.1. The molecule has 128 valence electrons. The van der Waals surface area contributed by atoms with Crippen molar-refractivity contribution >= 4 is 11.6 Å². The van der Waals surface area contributed by atoms with Crippen LogP contribution in [0.1, 0.15) is 43.3 Å². The van der Waals surface area contributed by atoms with Crippen molar-refractivity contribution in [3.8, 4) is 5.88 Å². The van der Waals surface area contributed by atoms with Gasteiger partial charge in [0.1, 0.15) is 24.1 Å². The summed E-state index contributed by atoms with van der Waals surface area (Å²) in [6.45, 7) is 8.21. The van der Waals surface area contributed by atoms with Crippen molar-refractivity contribution in [1.82, 2.24) is 9.97 Å². The van der Waals surface area contributed by atoms with Gasteiger partial charge < -0.3 is 9.84 Å². The van der Waals surface area contributed by atoms with E-state index in [1.165, 1.54) is 0 Å². The number of nitrogens with zero attached hydrogens (tertiary/aromatic N) is 2. The van der Waals surface area contributed by atoms with Crippen LogP contribution in [0.4, 0.5) is 0 Å². The van der Waals surface area contributed by atoms with Gasteiger partial charge in [-0.3, -0.25) is 0 Å². The summed E-state index contributed by atoms with van der Waals surface area (Å²) in [5.74, 6) is 0.813. The maximum absolute atomic E-state index is 10.2. The fraction of sp³-hybridized carbons (Fsp3) is 0.368. The van der Waals surface area contributed by atoms with Crippen LogP contribution in [0.3, 0.4) is 0 Å². The van der Waals surface area contributed by atoms with Gasteiger partial charge in [0.05, 0.1) is 0 Å². The molecular formula is C19H23ClN2O2. The second kappa shape index (κ2) is 8.81. The normalized spacial score (nSPS) is 12.2. The number of aliphatic hydroxyl groups is 1. The predicted molar refractivity (Wildman–Crippen MR) is 96.1 cm³/mol. The third-order valence-corrected chi connectivity index (χ3v) is 3.72. The fourth-order valence-electron chi connectivity index (χ4n) is 2.29. The van der Waals surface area contributed by atoms with Gasteiger partial charge in [-0.25, -0.2) is 9.97 Å². The van der Waals surface area contributed by atoms with Crippen LogP contribution in [0.2, 0.25) is 5.15 Å². The lowest BCUT2D eigenvalue weighted by Crippen LogP contribution is -2.10. The quantitative estimate of drug-likeness (QED) is 0.714. The molecule has 0 saturated heterocycles. The Kier molecular flexibility index (Phi) is 6.76. The Labute approximate surface area is 148 Å². The number of ether oxygens (including phenoxy) is 1. The molecule has 0 aliphatic carbocycles. The first kappa shape index (κ1) is 18.4. The highest BCUT2D eigenvalue weighted by molar-refractivity contribution is 6.30. The van der Waals surface area contributed by atoms with Gasteiger partial charge in [-0.15, -0.1) is 6.58 Å². The van der Waals surface area contributed by atoms with E-state index in [1.807, 2.05) is 30.3 Å². The largest absolute Gasteiger partial charge is 0.471 e. The summed E-state index contributed by atoms with van der Waals surface area (Å²) in [7, 11) is 0. The third kappa shape index (κ3) is 5.05. The van der Waals surface area contributed by atoms with Crippen LogP contribution >= 0.6 is 11.6 Å². The van der Waals surface area contributed by atoms with Crippen LogP contribution in [-0.4, -0.2) is 15.1 Å². The molecule has 0 aliphatic heterocycles. The molecule has 0 amide bonds. The number of hydrogen-bond acceptors (Lipinski definition) is 4. The summed E-state index contributed by atoms with van der Waals surface area (Å²) in [5.41, 5.74) is 2.07. The number of hydrogen-bond donors (Lipinski definition) is 1. The lowest BCUT2D eigenvalue weighted by Gasteiger charge is -2.16. The van der Waals surface area contributed by atoms with Crippen molar-refractivity contribution in [3.63, 3.8) is 0 Å². The van der Waals surface area contributed by atoms with Gasteiger partial charge in [-0.05, 0) is 24.3 Å². The number of aromatic nitrogens is 2. The Morgan fingerprint density at radius 2 is 1.96 bits per heavy atom. The van der Waals surface area contributed by atoms with E-state index in [4.69, 9.17) is 16.3 Å². The van der Waals surface area contributed by atoms with Crippen molar-refractivity contribution in [2.24, 2.45) is 5.92 Å². The van der Waals surface area contributed by atoms with Crippen LogP contribution < -0.4 is 4.74 Å². The first-order valence-corrected chi connectivity index (χ1v) is 8.41. The van der Waals surface area contributed by atoms with E-state index >= 15 is 0 Å². The van der Waals surface area contributed by atoms with Crippen LogP contribution in [-0.2, 0) is 13.0 Å². The summed E-state index contributed by atoms with van der Waals surface area (Å²) in [5, 5.41) is 10.4. The maximum Gasteiger partial charge on any atom is 0.236 e. The molecule has 0 fully saturated rings. The molecule has 0 spiro atoms. The van der Waals surface area contributed by atoms with Gasteiger partial charge in [-0.2, -0.15) is 0 Å². The molecule has 1 heterocycles. The van der Waals surface area contributed by atoms with Crippen LogP contribution in [0.15, 0.2) is 43.0 Å². The summed E-state index contributed by atoms with van der Waals surface area (Å²) in [6, 6.07) is 9.85. The monoisotopic (exact) mass is 346 g/mol. The zero-order valence-corrected chi connectivity index (χ0v) is 14.8. The van der Waals surface area contributed by atoms with Crippen molar-refractivity contribution in [1.29, 1.82) is 0 Å². The molecule has 2 rings (SSSR count). The number of aliphatic hydroxyl groups excluding tert-OH is 1. The first-order chi connectivity index (χ1) is 11.5. The molecule has 0 radical (unpaired) electrons. The van der Waals surface area contributed by atoms with Crippen molar-refractivity contribution in [3.05, 3.63) is 65.1 Å². The average Bonchev–Trinajstić information content (AvgIpc) is 2.54. The van der Waals surface area contributed by atoms with E-state index in [9.17, 15) is 5.11 Å². The molecule has 0 bridgehead atoms. The highest BCUT2D eigenvalue weighted by atomic mass is 35.5. The minimum Gasteiger partial charge on any atom is -0.471 e. The van der Waals surface area contributed by atoms with E-state index in [1.54, 1.807) is 6.08 Å². The van der Waals surface area contributed by atoms with Crippen LogP contribution in [0, 0.1) is 5.92 Å². The zero-order valence-electron chi connectivity index (χ0n) is 14.1. The predicted octanol–water partition coefficient (Wildman–Crippen LogP) is 4.52. The maximum atomic E-state index is 10.2. The van der Waals surface area contributed by atoms with Gasteiger partial charge in [0.15, 0.2) is 5.15 Å². The molecule has 1 unspecified atom stereocenters. The van der Waals surface area contributed by atoms with Crippen LogP contribution in [0.5, 0.6) is 5.88 Å². The molecule has 1 atom stereocenters. The number of halogens is 1. The van der Waals surface area contributed by atoms with Gasteiger partial charge in [0.2, 0.25) is 5.88 Å². The molecule has 1 N–H and O–H groups in total. The summed E-state index contributed by atoms with van der Waals surface area (Å²) in [6.07, 6.45) is 1.84. The molecule has 0 aliphatic rings. The summed E-state index contributed by atoms with van der Waals surface area (Å²) >= 11 is 6.21. The molecule has 5 heteroatoms. The standard InChI is InChI=1S/C19H23ClN2O2/c1-4-8-16(23)17-18(20)21-15(11-13(2)3)19(22-17)24-12-14-9-6-5-7-10-14/h4-7,9-10,13,16,23H,1,8,11-12H2,2-3H3. The molecular weight excluding hydrogens is 324 g/mol. The highest BCUT2D eigenvalue weighted by Gasteiger charge is 2.19. The smallest absolute Gasteiger partial charge is 0.236 e. The number of rotatable bonds is 8. The Balaban J connectivity index is 2.29. The average molecular weight is 347 g/mol. The van der Waals surface area contributed by atoms with Crippen LogP contribution in [0.25, 0.3) is 0 Å². The lowest BCUT2D eigenvalue weighted by molar-refractivity contribution is 0.173. The van der Waals surface area contributed by atoms with Crippen molar-refractivity contribution < 1.29 is 9.84 Å². The second-order valence-corrected chi connectivity index (χ2v) is 6.42. The topological polar surface area (TPSA) is 55.2 Å². The molecule has 4 nitrogen and oxygen atoms in total. The van der Waals surface area contributed by atoms with E-state index < -0.39 is 6.10 Å². The molecule has 1 aromatic carbocycles. The third-order valence-electron chi connectivity index (χ3n) is 3.44. The van der Waals surface area contributed by atoms with Crippen molar-refractivity contribution in [2.45, 2.75) is 39.4 Å². The van der Waals surface area contributed by atoms with E-state index in [0.717, 1.165) is 5.56 Å². The molecule has 24 heavy (non-hydrogen) atoms. The summed E-state index contributed by atoms with van der Waals surface area (Å²) in [4.78, 5) is 8.86. The first-order valence-electron chi connectivity index (χ1n) is 8.03. The van der Waals surface area contributed by atoms with Crippen molar-refractivity contribution in [2.75, 3.05) is 0 Å². The Hall–Kier alpha value is -1.91. The second-order valence-electron chi connectivity index (χ2n) is 6.06. The fourth-order valence-corrected chi connectivity index (χ4v) is 2.56. The van der Waals surface area contributed by atoms with E-state index in [0.29, 0.717) is 42.6 Å². The molecule has 0 saturated carbocycles. The van der Waals surface area contributed by atoms with Gasteiger partial charge in [-0.1, -0.05) is 61.9 Å². The minimum atomic E-state index is -0.838. The number of benzene rings is 1. The summed E-state index contributed by atoms with van der Waals surface area (Å²) < 4.78 is 5.88. The molecule has 1 aromatic heterocycles. The minimum absolute atomic E-state index is 0.215. The Morgan fingerprint density at radius 3 is 2.58 bits per heavy atom. The van der Waals surface area contributed by atoms with Gasteiger partial charge in [0.25, 0.3) is 0 Å². The van der Waals surface area contributed by atoms with Gasteiger partial charge >= 0.3 is 0 Å². The van der Waals surface area contributed by atoms with Gasteiger partial charge in [0, 0.05) is 0 Å². The molecule has 2 aromatic rings. The highest BCUT2D eigenvalue weighted by Crippen LogP contribution is 2.28. The Morgan fingerprint density at radius 1 is 1.25 bits per heavy atom. The Bertz CT molecular complexity index is 675. The van der Waals surface area contributed by atoms with E-state index in [2.05, 4.69) is 30.4 Å². The van der Waals surface area contributed by atoms with E-state index in [-0.39, 0.29) is 5.15 Å².